The maximum atomic E-state index is 13.7. The number of hydrogen-bond acceptors (Lipinski definition) is 5. The Kier molecular flexibility index (Phi) is 7.48. The van der Waals surface area contributed by atoms with Crippen molar-refractivity contribution < 1.29 is 9.50 Å². The van der Waals surface area contributed by atoms with E-state index in [1.807, 2.05) is 49.0 Å². The van der Waals surface area contributed by atoms with Crippen LogP contribution >= 0.6 is 0 Å². The standard InChI is InChI=1S/C28H28FN5O/c1-19-5-4-6-21(15-19)17-31-28-30-13-11-25(32-28)20(2)27(23-7-9-24(29)10-8-23)33-26-16-22(18-35)12-14-34(26)3/h4-16,35H,17-18H2,1-3H3,(H,30,31,32)/b27-20+,33-26?. The third-order valence-corrected chi connectivity index (χ3v) is 5.64. The molecule has 2 heterocycles. The maximum Gasteiger partial charge on any atom is 0.223 e. The summed E-state index contributed by atoms with van der Waals surface area (Å²) >= 11 is 0. The number of aromatic nitrogens is 3. The highest BCUT2D eigenvalue weighted by atomic mass is 19.1. The Bertz CT molecular complexity index is 1420. The number of anilines is 1. The minimum Gasteiger partial charge on any atom is -0.392 e. The molecule has 4 aromatic rings. The van der Waals surface area contributed by atoms with Crippen molar-refractivity contribution in [3.63, 3.8) is 0 Å². The predicted molar refractivity (Wildman–Crippen MR) is 136 cm³/mol. The number of rotatable bonds is 7. The largest absolute Gasteiger partial charge is 0.392 e. The molecule has 0 aliphatic heterocycles. The normalized spacial score (nSPS) is 12.4. The van der Waals surface area contributed by atoms with Crippen LogP contribution in [0.25, 0.3) is 11.3 Å². The topological polar surface area (TPSA) is 75.3 Å². The summed E-state index contributed by atoms with van der Waals surface area (Å²) in [5.41, 5.74) is 6.67. The van der Waals surface area contributed by atoms with Crippen molar-refractivity contribution in [3.05, 3.63) is 118 Å². The number of halogens is 1. The molecule has 4 rings (SSSR count). The van der Waals surface area contributed by atoms with E-state index in [1.165, 1.54) is 17.7 Å². The average molecular weight is 470 g/mol. The second kappa shape index (κ2) is 10.9. The Labute approximate surface area is 204 Å². The first-order chi connectivity index (χ1) is 16.9. The number of pyridine rings is 1. The molecule has 2 aromatic carbocycles. The highest BCUT2D eigenvalue weighted by Gasteiger charge is 2.11. The van der Waals surface area contributed by atoms with Gasteiger partial charge in [0, 0.05) is 37.1 Å². The van der Waals surface area contributed by atoms with Gasteiger partial charge >= 0.3 is 0 Å². The summed E-state index contributed by atoms with van der Waals surface area (Å²) in [7, 11) is 1.88. The monoisotopic (exact) mass is 469 g/mol. The van der Waals surface area contributed by atoms with Gasteiger partial charge in [0.1, 0.15) is 11.3 Å². The number of benzene rings is 2. The van der Waals surface area contributed by atoms with Crippen LogP contribution in [-0.2, 0) is 20.2 Å². The van der Waals surface area contributed by atoms with E-state index in [4.69, 9.17) is 9.98 Å². The molecule has 0 saturated heterocycles. The number of aliphatic hydroxyl groups is 1. The zero-order chi connectivity index (χ0) is 24.8. The second-order valence-electron chi connectivity index (χ2n) is 8.36. The lowest BCUT2D eigenvalue weighted by Gasteiger charge is -2.11. The molecule has 0 bridgehead atoms. The molecular formula is C28H28FN5O. The Balaban J connectivity index is 1.76. The van der Waals surface area contributed by atoms with Crippen molar-refractivity contribution in [1.82, 2.24) is 14.5 Å². The summed E-state index contributed by atoms with van der Waals surface area (Å²) < 4.78 is 15.5. The summed E-state index contributed by atoms with van der Waals surface area (Å²) in [4.78, 5) is 14.0. The Hall–Kier alpha value is -4.10. The van der Waals surface area contributed by atoms with Gasteiger partial charge in [0.15, 0.2) is 0 Å². The van der Waals surface area contributed by atoms with Gasteiger partial charge in [-0.05, 0) is 67.4 Å². The third-order valence-electron chi connectivity index (χ3n) is 5.64. The smallest absolute Gasteiger partial charge is 0.223 e. The fraction of sp³-hybridized carbons (Fsp3) is 0.179. The van der Waals surface area contributed by atoms with Crippen LogP contribution in [0.3, 0.4) is 0 Å². The first-order valence-corrected chi connectivity index (χ1v) is 11.3. The van der Waals surface area contributed by atoms with E-state index in [9.17, 15) is 9.50 Å². The molecule has 0 unspecified atom stereocenters. The molecular weight excluding hydrogens is 441 g/mol. The quantitative estimate of drug-likeness (QED) is 0.406. The predicted octanol–water partition coefficient (Wildman–Crippen LogP) is 4.86. The Morgan fingerprint density at radius 2 is 1.86 bits per heavy atom. The van der Waals surface area contributed by atoms with Gasteiger partial charge in [0.2, 0.25) is 5.95 Å². The molecule has 0 aliphatic carbocycles. The zero-order valence-electron chi connectivity index (χ0n) is 20.0. The lowest BCUT2D eigenvalue weighted by molar-refractivity contribution is 0.281. The van der Waals surface area contributed by atoms with Crippen LogP contribution in [-0.4, -0.2) is 19.6 Å². The number of hydrogen-bond donors (Lipinski definition) is 2. The summed E-state index contributed by atoms with van der Waals surface area (Å²) in [5.74, 6) is 0.193. The molecule has 0 atom stereocenters. The molecule has 6 nitrogen and oxygen atoms in total. The number of nitrogens with one attached hydrogen (secondary N) is 1. The Morgan fingerprint density at radius 3 is 2.60 bits per heavy atom. The van der Waals surface area contributed by atoms with Crippen LogP contribution in [0.15, 0.2) is 84.1 Å². The second-order valence-corrected chi connectivity index (χ2v) is 8.36. The summed E-state index contributed by atoms with van der Waals surface area (Å²) in [6.07, 6.45) is 3.55. The van der Waals surface area contributed by atoms with Crippen molar-refractivity contribution in [1.29, 1.82) is 0 Å². The molecule has 0 aliphatic rings. The first kappa shape index (κ1) is 24.0. The maximum absolute atomic E-state index is 13.7. The molecule has 0 spiro atoms. The van der Waals surface area contributed by atoms with Crippen molar-refractivity contribution in [3.8, 4) is 0 Å². The SMILES string of the molecule is C/C(=C(\N=c1cc(CO)ccn1C)c1ccc(F)cc1)c1ccnc(NCc2cccc(C)c2)n1. The van der Waals surface area contributed by atoms with E-state index in [0.29, 0.717) is 29.4 Å². The molecule has 0 radical (unpaired) electrons. The van der Waals surface area contributed by atoms with E-state index in [0.717, 1.165) is 22.3 Å². The number of nitrogens with zero attached hydrogens (tertiary/aromatic N) is 4. The van der Waals surface area contributed by atoms with Crippen LogP contribution in [0.1, 0.15) is 34.9 Å². The lowest BCUT2D eigenvalue weighted by atomic mass is 10.0. The molecule has 0 amide bonds. The van der Waals surface area contributed by atoms with Crippen LogP contribution in [0.4, 0.5) is 10.3 Å². The molecule has 2 aromatic heterocycles. The summed E-state index contributed by atoms with van der Waals surface area (Å²) in [6, 6.07) is 20.0. The minimum absolute atomic E-state index is 0.0835. The molecule has 7 heteroatoms. The van der Waals surface area contributed by atoms with Crippen LogP contribution in [0.2, 0.25) is 0 Å². The van der Waals surface area contributed by atoms with Gasteiger partial charge in [-0.3, -0.25) is 0 Å². The van der Waals surface area contributed by atoms with Crippen LogP contribution in [0, 0.1) is 12.7 Å². The zero-order valence-corrected chi connectivity index (χ0v) is 20.0. The van der Waals surface area contributed by atoms with Gasteiger partial charge in [0.25, 0.3) is 0 Å². The van der Waals surface area contributed by atoms with E-state index in [-0.39, 0.29) is 12.4 Å². The van der Waals surface area contributed by atoms with Gasteiger partial charge in [-0.1, -0.05) is 29.8 Å². The third kappa shape index (κ3) is 6.07. The average Bonchev–Trinajstić information content (AvgIpc) is 2.87. The van der Waals surface area contributed by atoms with Crippen molar-refractivity contribution in [2.45, 2.75) is 27.0 Å². The summed E-state index contributed by atoms with van der Waals surface area (Å²) in [6.45, 7) is 4.52. The van der Waals surface area contributed by atoms with Crippen molar-refractivity contribution in [2.24, 2.45) is 12.0 Å². The Morgan fingerprint density at radius 1 is 1.06 bits per heavy atom. The molecule has 178 valence electrons. The molecule has 0 saturated carbocycles. The molecule has 0 fully saturated rings. The van der Waals surface area contributed by atoms with Gasteiger partial charge in [-0.25, -0.2) is 19.4 Å². The van der Waals surface area contributed by atoms with E-state index < -0.39 is 0 Å². The van der Waals surface area contributed by atoms with E-state index >= 15 is 0 Å². The van der Waals surface area contributed by atoms with Crippen molar-refractivity contribution in [2.75, 3.05) is 5.32 Å². The van der Waals surface area contributed by atoms with E-state index in [1.54, 1.807) is 18.3 Å². The molecule has 35 heavy (non-hydrogen) atoms. The van der Waals surface area contributed by atoms with Crippen molar-refractivity contribution >= 4 is 17.2 Å². The molecule has 2 N–H and O–H groups in total. The highest BCUT2D eigenvalue weighted by Crippen LogP contribution is 2.26. The van der Waals surface area contributed by atoms with Crippen LogP contribution < -0.4 is 10.8 Å². The number of aliphatic hydroxyl groups excluding tert-OH is 1. The number of aryl methyl sites for hydroxylation is 2. The van der Waals surface area contributed by atoms with Gasteiger partial charge in [-0.2, -0.15) is 0 Å². The lowest BCUT2D eigenvalue weighted by Crippen LogP contribution is -2.18. The van der Waals surface area contributed by atoms with Gasteiger partial charge < -0.3 is 15.0 Å². The fourth-order valence-corrected chi connectivity index (χ4v) is 3.67. The first-order valence-electron chi connectivity index (χ1n) is 11.3. The van der Waals surface area contributed by atoms with Gasteiger partial charge in [-0.15, -0.1) is 0 Å². The van der Waals surface area contributed by atoms with Crippen LogP contribution in [0.5, 0.6) is 0 Å². The highest BCUT2D eigenvalue weighted by molar-refractivity contribution is 5.88. The number of allylic oxidation sites excluding steroid dienone is 1. The minimum atomic E-state index is -0.316. The van der Waals surface area contributed by atoms with E-state index in [2.05, 4.69) is 35.4 Å². The fourth-order valence-electron chi connectivity index (χ4n) is 3.67. The van der Waals surface area contributed by atoms with Gasteiger partial charge in [0.05, 0.1) is 18.0 Å². The summed E-state index contributed by atoms with van der Waals surface area (Å²) in [5, 5.41) is 12.9.